The van der Waals surface area contributed by atoms with Crippen molar-refractivity contribution in [2.45, 2.75) is 39.8 Å². The molecule has 2 aromatic rings. The normalized spacial score (nSPS) is 19.2. The molecule has 24 heavy (non-hydrogen) atoms. The number of anilines is 1. The minimum atomic E-state index is -0.0165. The minimum absolute atomic E-state index is 0.0165. The number of hydrogen-bond acceptors (Lipinski definition) is 5. The summed E-state index contributed by atoms with van der Waals surface area (Å²) in [5.74, 6) is 1.81. The topological polar surface area (TPSA) is 62.2 Å². The highest BCUT2D eigenvalue weighted by Crippen LogP contribution is 2.39. The molecule has 0 unspecified atom stereocenters. The Labute approximate surface area is 141 Å². The fraction of sp³-hybridized carbons (Fsp3) is 0.444. The standard InChI is InChI=1S/C18H21N5O/c1-11-9-14(5-6-19-11)18(24)23-10-15-16(12(23)2)17(21-13(3)20-15)22-7-4-8-22/h5-6,9,12H,4,7-8,10H2,1-3H3/t12-/m1/s1. The van der Waals surface area contributed by atoms with E-state index in [1.165, 1.54) is 6.42 Å². The zero-order chi connectivity index (χ0) is 16.8. The molecule has 2 aliphatic rings. The largest absolute Gasteiger partial charge is 0.356 e. The fourth-order valence-corrected chi connectivity index (χ4v) is 3.49. The monoisotopic (exact) mass is 323 g/mol. The molecule has 4 rings (SSSR count). The number of fused-ring (bicyclic) bond motifs is 1. The van der Waals surface area contributed by atoms with Crippen molar-refractivity contribution in [3.8, 4) is 0 Å². The van der Waals surface area contributed by atoms with Crippen LogP contribution >= 0.6 is 0 Å². The van der Waals surface area contributed by atoms with Crippen LogP contribution in [-0.4, -0.2) is 38.8 Å². The quantitative estimate of drug-likeness (QED) is 0.849. The van der Waals surface area contributed by atoms with Crippen LogP contribution in [0, 0.1) is 13.8 Å². The summed E-state index contributed by atoms with van der Waals surface area (Å²) in [6.45, 7) is 8.50. The van der Waals surface area contributed by atoms with Gasteiger partial charge in [0.2, 0.25) is 0 Å². The first-order valence-corrected chi connectivity index (χ1v) is 8.40. The van der Waals surface area contributed by atoms with Crippen molar-refractivity contribution < 1.29 is 4.79 Å². The van der Waals surface area contributed by atoms with Crippen molar-refractivity contribution in [3.05, 3.63) is 46.7 Å². The number of pyridine rings is 1. The Bertz CT molecular complexity index is 815. The van der Waals surface area contributed by atoms with Crippen LogP contribution in [-0.2, 0) is 6.54 Å². The lowest BCUT2D eigenvalue weighted by Crippen LogP contribution is -2.39. The van der Waals surface area contributed by atoms with Gasteiger partial charge in [0.05, 0.1) is 18.3 Å². The van der Waals surface area contributed by atoms with Gasteiger partial charge in [-0.25, -0.2) is 9.97 Å². The molecular formula is C18H21N5O. The summed E-state index contributed by atoms with van der Waals surface area (Å²) in [4.78, 5) is 30.6. The van der Waals surface area contributed by atoms with Gasteiger partial charge in [-0.05, 0) is 39.3 Å². The summed E-state index contributed by atoms with van der Waals surface area (Å²) in [5.41, 5.74) is 3.62. The molecule has 1 amide bonds. The van der Waals surface area contributed by atoms with Gasteiger partial charge in [0.25, 0.3) is 5.91 Å². The number of aryl methyl sites for hydroxylation is 2. The average Bonchev–Trinajstić information content (AvgIpc) is 2.81. The smallest absolute Gasteiger partial charge is 0.254 e. The van der Waals surface area contributed by atoms with Gasteiger partial charge in [-0.2, -0.15) is 0 Å². The second-order valence-electron chi connectivity index (χ2n) is 6.59. The van der Waals surface area contributed by atoms with Crippen molar-refractivity contribution in [1.82, 2.24) is 19.9 Å². The predicted molar refractivity (Wildman–Crippen MR) is 90.9 cm³/mol. The molecule has 0 aromatic carbocycles. The number of carbonyl (C=O) groups is 1. The minimum Gasteiger partial charge on any atom is -0.356 e. The summed E-state index contributed by atoms with van der Waals surface area (Å²) >= 11 is 0. The van der Waals surface area contributed by atoms with Gasteiger partial charge in [0, 0.05) is 36.1 Å². The number of aromatic nitrogens is 3. The van der Waals surface area contributed by atoms with E-state index in [1.807, 2.05) is 24.8 Å². The molecule has 0 spiro atoms. The van der Waals surface area contributed by atoms with Gasteiger partial charge in [0.1, 0.15) is 11.6 Å². The Morgan fingerprint density at radius 2 is 2.04 bits per heavy atom. The highest BCUT2D eigenvalue weighted by molar-refractivity contribution is 5.95. The van der Waals surface area contributed by atoms with Gasteiger partial charge < -0.3 is 9.80 Å². The van der Waals surface area contributed by atoms with Gasteiger partial charge in [-0.1, -0.05) is 0 Å². The highest BCUT2D eigenvalue weighted by atomic mass is 16.2. The van der Waals surface area contributed by atoms with E-state index >= 15 is 0 Å². The summed E-state index contributed by atoms with van der Waals surface area (Å²) in [6.07, 6.45) is 2.89. The van der Waals surface area contributed by atoms with E-state index in [0.717, 1.165) is 41.7 Å². The highest BCUT2D eigenvalue weighted by Gasteiger charge is 2.37. The third-order valence-electron chi connectivity index (χ3n) is 4.88. The van der Waals surface area contributed by atoms with Crippen molar-refractivity contribution in [2.75, 3.05) is 18.0 Å². The lowest BCUT2D eigenvalue weighted by molar-refractivity contribution is 0.0704. The number of carbonyl (C=O) groups excluding carboxylic acids is 1. The molecule has 1 atom stereocenters. The van der Waals surface area contributed by atoms with E-state index in [9.17, 15) is 4.79 Å². The van der Waals surface area contributed by atoms with E-state index in [1.54, 1.807) is 12.3 Å². The number of hydrogen-bond donors (Lipinski definition) is 0. The van der Waals surface area contributed by atoms with Crippen molar-refractivity contribution >= 4 is 11.7 Å². The van der Waals surface area contributed by atoms with Crippen LogP contribution in [0.2, 0.25) is 0 Å². The molecule has 124 valence electrons. The van der Waals surface area contributed by atoms with Gasteiger partial charge in [-0.3, -0.25) is 9.78 Å². The Morgan fingerprint density at radius 1 is 1.25 bits per heavy atom. The maximum absolute atomic E-state index is 13.0. The molecular weight excluding hydrogens is 302 g/mol. The first kappa shape index (κ1) is 15.1. The maximum Gasteiger partial charge on any atom is 0.254 e. The lowest BCUT2D eigenvalue weighted by atomic mass is 10.1. The zero-order valence-electron chi connectivity index (χ0n) is 14.3. The Hall–Kier alpha value is -2.50. The molecule has 1 fully saturated rings. The van der Waals surface area contributed by atoms with Crippen LogP contribution in [0.3, 0.4) is 0 Å². The van der Waals surface area contributed by atoms with Crippen LogP contribution in [0.5, 0.6) is 0 Å². The lowest BCUT2D eigenvalue weighted by Gasteiger charge is -2.34. The van der Waals surface area contributed by atoms with Crippen molar-refractivity contribution in [2.24, 2.45) is 0 Å². The Balaban J connectivity index is 1.70. The molecule has 0 N–H and O–H groups in total. The Morgan fingerprint density at radius 3 is 2.71 bits per heavy atom. The third-order valence-corrected chi connectivity index (χ3v) is 4.88. The third kappa shape index (κ3) is 2.33. The fourth-order valence-electron chi connectivity index (χ4n) is 3.49. The van der Waals surface area contributed by atoms with E-state index in [4.69, 9.17) is 0 Å². The molecule has 4 heterocycles. The van der Waals surface area contributed by atoms with Crippen molar-refractivity contribution in [1.29, 1.82) is 0 Å². The maximum atomic E-state index is 13.0. The van der Waals surface area contributed by atoms with Crippen molar-refractivity contribution in [3.63, 3.8) is 0 Å². The van der Waals surface area contributed by atoms with Gasteiger partial charge in [0.15, 0.2) is 0 Å². The van der Waals surface area contributed by atoms with Crippen LogP contribution in [0.1, 0.15) is 52.5 Å². The Kier molecular flexibility index (Phi) is 3.48. The molecule has 0 saturated carbocycles. The van der Waals surface area contributed by atoms with Crippen LogP contribution in [0.4, 0.5) is 5.82 Å². The summed E-state index contributed by atoms with van der Waals surface area (Å²) < 4.78 is 0. The molecule has 6 nitrogen and oxygen atoms in total. The van der Waals surface area contributed by atoms with E-state index in [0.29, 0.717) is 12.1 Å². The van der Waals surface area contributed by atoms with E-state index < -0.39 is 0 Å². The van der Waals surface area contributed by atoms with E-state index in [-0.39, 0.29) is 11.9 Å². The van der Waals surface area contributed by atoms with Crippen LogP contribution in [0.25, 0.3) is 0 Å². The molecule has 0 radical (unpaired) electrons. The second kappa shape index (κ2) is 5.54. The average molecular weight is 323 g/mol. The number of nitrogens with zero attached hydrogens (tertiary/aromatic N) is 5. The second-order valence-corrected chi connectivity index (χ2v) is 6.59. The molecule has 0 bridgehead atoms. The SMILES string of the molecule is Cc1cc(C(=O)N2Cc3nc(C)nc(N4CCC4)c3[C@H]2C)ccn1. The molecule has 1 saturated heterocycles. The summed E-state index contributed by atoms with van der Waals surface area (Å²) in [7, 11) is 0. The van der Waals surface area contributed by atoms with Crippen LogP contribution in [0.15, 0.2) is 18.3 Å². The molecule has 0 aliphatic carbocycles. The molecule has 6 heteroatoms. The molecule has 2 aliphatic heterocycles. The zero-order valence-corrected chi connectivity index (χ0v) is 14.3. The van der Waals surface area contributed by atoms with Crippen LogP contribution < -0.4 is 4.90 Å². The van der Waals surface area contributed by atoms with E-state index in [2.05, 4.69) is 26.8 Å². The number of rotatable bonds is 2. The first-order chi connectivity index (χ1) is 11.5. The molecule has 2 aromatic heterocycles. The predicted octanol–water partition coefficient (Wildman–Crippen LogP) is 2.42. The first-order valence-electron chi connectivity index (χ1n) is 8.40. The number of amides is 1. The van der Waals surface area contributed by atoms with Gasteiger partial charge in [-0.15, -0.1) is 0 Å². The van der Waals surface area contributed by atoms with Gasteiger partial charge >= 0.3 is 0 Å². The summed E-state index contributed by atoms with van der Waals surface area (Å²) in [5, 5.41) is 0. The summed E-state index contributed by atoms with van der Waals surface area (Å²) in [6, 6.07) is 3.60.